The molecule has 0 bridgehead atoms. The molecular formula is C14H17NO3. The molecule has 2 saturated heterocycles. The molecule has 3 atom stereocenters. The number of esters is 1. The van der Waals surface area contributed by atoms with Gasteiger partial charge >= 0.3 is 5.97 Å². The average Bonchev–Trinajstić information content (AvgIpc) is 2.41. The second-order valence-electron chi connectivity index (χ2n) is 4.99. The maximum absolute atomic E-state index is 11.8. The van der Waals surface area contributed by atoms with Crippen LogP contribution in [0.25, 0.3) is 0 Å². The second kappa shape index (κ2) is 4.71. The molecule has 18 heavy (non-hydrogen) atoms. The molecule has 0 radical (unpaired) electrons. The van der Waals surface area contributed by atoms with Crippen LogP contribution in [0.2, 0.25) is 0 Å². The fourth-order valence-corrected chi connectivity index (χ4v) is 2.89. The van der Waals surface area contributed by atoms with E-state index in [0.29, 0.717) is 13.0 Å². The van der Waals surface area contributed by atoms with Gasteiger partial charge < -0.3 is 9.84 Å². The van der Waals surface area contributed by atoms with E-state index in [0.717, 1.165) is 13.0 Å². The molecule has 1 aromatic carbocycles. The number of carbonyl (C=O) groups excluding carboxylic acids is 1. The van der Waals surface area contributed by atoms with E-state index in [1.54, 1.807) is 0 Å². The number of ether oxygens (including phenoxy) is 1. The van der Waals surface area contributed by atoms with Gasteiger partial charge in [0.25, 0.3) is 0 Å². The number of hydrogen-bond acceptors (Lipinski definition) is 4. The van der Waals surface area contributed by atoms with Gasteiger partial charge in [0.15, 0.2) is 0 Å². The van der Waals surface area contributed by atoms with E-state index >= 15 is 0 Å². The van der Waals surface area contributed by atoms with Crippen molar-refractivity contribution in [3.05, 3.63) is 35.9 Å². The summed E-state index contributed by atoms with van der Waals surface area (Å²) in [6.07, 6.45) is 0.836. The van der Waals surface area contributed by atoms with Gasteiger partial charge in [-0.25, -0.2) is 0 Å². The first-order valence-corrected chi connectivity index (χ1v) is 6.41. The highest BCUT2D eigenvalue weighted by atomic mass is 16.5. The van der Waals surface area contributed by atoms with Gasteiger partial charge in [-0.15, -0.1) is 0 Å². The predicted molar refractivity (Wildman–Crippen MR) is 65.9 cm³/mol. The van der Waals surface area contributed by atoms with E-state index in [-0.39, 0.29) is 24.2 Å². The Morgan fingerprint density at radius 1 is 1.22 bits per heavy atom. The number of carbonyl (C=O) groups is 1. The number of benzene rings is 1. The first kappa shape index (κ1) is 11.7. The molecule has 0 saturated carbocycles. The number of cyclic esters (lactones) is 1. The van der Waals surface area contributed by atoms with Crippen LogP contribution in [0.5, 0.6) is 0 Å². The Bertz CT molecular complexity index is 434. The zero-order valence-corrected chi connectivity index (χ0v) is 10.2. The third-order valence-electron chi connectivity index (χ3n) is 3.86. The van der Waals surface area contributed by atoms with Crippen LogP contribution in [0, 0.1) is 0 Å². The van der Waals surface area contributed by atoms with E-state index in [1.165, 1.54) is 5.56 Å². The van der Waals surface area contributed by atoms with Crippen LogP contribution in [-0.4, -0.2) is 41.3 Å². The maximum atomic E-state index is 11.8. The number of aliphatic hydroxyl groups is 1. The molecule has 96 valence electrons. The van der Waals surface area contributed by atoms with Crippen molar-refractivity contribution < 1.29 is 14.6 Å². The lowest BCUT2D eigenvalue weighted by molar-refractivity contribution is -0.168. The van der Waals surface area contributed by atoms with Gasteiger partial charge in [0.1, 0.15) is 12.6 Å². The Labute approximate surface area is 106 Å². The second-order valence-corrected chi connectivity index (χ2v) is 4.99. The Kier molecular flexibility index (Phi) is 3.06. The van der Waals surface area contributed by atoms with Crippen molar-refractivity contribution in [1.82, 2.24) is 4.90 Å². The summed E-state index contributed by atoms with van der Waals surface area (Å²) in [6, 6.07) is 9.95. The summed E-state index contributed by atoms with van der Waals surface area (Å²) in [5.41, 5.74) is 1.17. The maximum Gasteiger partial charge on any atom is 0.323 e. The van der Waals surface area contributed by atoms with E-state index in [9.17, 15) is 9.90 Å². The third-order valence-corrected chi connectivity index (χ3v) is 3.86. The molecule has 0 aromatic heterocycles. The van der Waals surface area contributed by atoms with Crippen molar-refractivity contribution in [3.8, 4) is 0 Å². The lowest BCUT2D eigenvalue weighted by Gasteiger charge is -2.44. The van der Waals surface area contributed by atoms with Gasteiger partial charge in [-0.05, 0) is 18.4 Å². The fourth-order valence-electron chi connectivity index (χ4n) is 2.89. The van der Waals surface area contributed by atoms with Gasteiger partial charge in [0.2, 0.25) is 0 Å². The molecule has 0 amide bonds. The first-order chi connectivity index (χ1) is 8.75. The van der Waals surface area contributed by atoms with Gasteiger partial charge in [-0.3, -0.25) is 9.69 Å². The summed E-state index contributed by atoms with van der Waals surface area (Å²) in [4.78, 5) is 14.0. The lowest BCUT2D eigenvalue weighted by Crippen LogP contribution is -2.55. The SMILES string of the molecule is O=C1OC[C@H](c2ccccc2)N2CC[C@H](O)C[C@@H]12. The van der Waals surface area contributed by atoms with Crippen molar-refractivity contribution in [3.63, 3.8) is 0 Å². The number of aliphatic hydroxyl groups excluding tert-OH is 1. The molecule has 4 nitrogen and oxygen atoms in total. The van der Waals surface area contributed by atoms with Crippen molar-refractivity contribution in [2.45, 2.75) is 31.0 Å². The van der Waals surface area contributed by atoms with Gasteiger partial charge in [0.05, 0.1) is 12.1 Å². The fraction of sp³-hybridized carbons (Fsp3) is 0.500. The molecule has 0 unspecified atom stereocenters. The molecule has 2 fully saturated rings. The number of morpholine rings is 1. The van der Waals surface area contributed by atoms with Crippen LogP contribution >= 0.6 is 0 Å². The van der Waals surface area contributed by atoms with Crippen molar-refractivity contribution in [2.75, 3.05) is 13.2 Å². The summed E-state index contributed by atoms with van der Waals surface area (Å²) < 4.78 is 5.27. The van der Waals surface area contributed by atoms with E-state index < -0.39 is 0 Å². The normalized spacial score (nSPS) is 32.7. The lowest BCUT2D eigenvalue weighted by atomic mass is 9.93. The Morgan fingerprint density at radius 3 is 2.78 bits per heavy atom. The summed E-state index contributed by atoms with van der Waals surface area (Å²) >= 11 is 0. The standard InChI is InChI=1S/C14H17NO3/c16-11-6-7-15-12(8-11)14(17)18-9-13(15)10-4-2-1-3-5-10/h1-5,11-13,16H,6-9H2/t11-,12-,13+/m0/s1. The molecular weight excluding hydrogens is 230 g/mol. The van der Waals surface area contributed by atoms with E-state index in [1.807, 2.05) is 18.2 Å². The quantitative estimate of drug-likeness (QED) is 0.755. The summed E-state index contributed by atoms with van der Waals surface area (Å²) in [5, 5.41) is 9.69. The molecule has 4 heteroatoms. The Morgan fingerprint density at radius 2 is 2.00 bits per heavy atom. The highest BCUT2D eigenvalue weighted by Crippen LogP contribution is 2.33. The van der Waals surface area contributed by atoms with Crippen molar-refractivity contribution in [2.24, 2.45) is 0 Å². The van der Waals surface area contributed by atoms with Gasteiger partial charge in [-0.2, -0.15) is 0 Å². The smallest absolute Gasteiger partial charge is 0.323 e. The van der Waals surface area contributed by atoms with Gasteiger partial charge in [-0.1, -0.05) is 30.3 Å². The molecule has 2 aliphatic heterocycles. The van der Waals surface area contributed by atoms with E-state index in [4.69, 9.17) is 4.74 Å². The molecule has 3 rings (SSSR count). The van der Waals surface area contributed by atoms with Crippen LogP contribution in [0.15, 0.2) is 30.3 Å². The van der Waals surface area contributed by atoms with Gasteiger partial charge in [0, 0.05) is 6.54 Å². The molecule has 1 N–H and O–H groups in total. The average molecular weight is 247 g/mol. The molecule has 0 aliphatic carbocycles. The van der Waals surface area contributed by atoms with Crippen molar-refractivity contribution in [1.29, 1.82) is 0 Å². The van der Waals surface area contributed by atoms with Crippen LogP contribution < -0.4 is 0 Å². The number of rotatable bonds is 1. The zero-order valence-electron chi connectivity index (χ0n) is 10.2. The predicted octanol–water partition coefficient (Wildman–Crippen LogP) is 1.11. The third kappa shape index (κ3) is 2.02. The van der Waals surface area contributed by atoms with Crippen LogP contribution in [0.3, 0.4) is 0 Å². The number of hydrogen-bond donors (Lipinski definition) is 1. The van der Waals surface area contributed by atoms with Crippen LogP contribution in [0.4, 0.5) is 0 Å². The van der Waals surface area contributed by atoms with Crippen molar-refractivity contribution >= 4 is 5.97 Å². The molecule has 0 spiro atoms. The summed E-state index contributed by atoms with van der Waals surface area (Å²) in [6.45, 7) is 1.16. The minimum absolute atomic E-state index is 0.126. The first-order valence-electron chi connectivity index (χ1n) is 6.41. The number of nitrogens with zero attached hydrogens (tertiary/aromatic N) is 1. The molecule has 2 aliphatic rings. The minimum atomic E-state index is -0.381. The van der Waals surface area contributed by atoms with Crippen LogP contribution in [-0.2, 0) is 9.53 Å². The minimum Gasteiger partial charge on any atom is -0.462 e. The topological polar surface area (TPSA) is 49.8 Å². The summed E-state index contributed by atoms with van der Waals surface area (Å²) in [5.74, 6) is -0.194. The Balaban J connectivity index is 1.86. The van der Waals surface area contributed by atoms with E-state index in [2.05, 4.69) is 17.0 Å². The number of fused-ring (bicyclic) bond motifs is 1. The summed E-state index contributed by atoms with van der Waals surface area (Å²) in [7, 11) is 0. The molecule has 1 aromatic rings. The highest BCUT2D eigenvalue weighted by molar-refractivity contribution is 5.77. The van der Waals surface area contributed by atoms with Crippen LogP contribution in [0.1, 0.15) is 24.4 Å². The number of piperidine rings is 1. The monoisotopic (exact) mass is 247 g/mol. The largest absolute Gasteiger partial charge is 0.462 e. The highest BCUT2D eigenvalue weighted by Gasteiger charge is 2.42. The zero-order chi connectivity index (χ0) is 12.5. The molecule has 2 heterocycles. The Hall–Kier alpha value is -1.39.